The van der Waals surface area contributed by atoms with E-state index in [4.69, 9.17) is 4.74 Å². The number of fused-ring (bicyclic) bond motifs is 1. The van der Waals surface area contributed by atoms with Gasteiger partial charge in [0.15, 0.2) is 10.9 Å². The van der Waals surface area contributed by atoms with Crippen molar-refractivity contribution in [3.05, 3.63) is 38.8 Å². The number of hydrogen-bond donors (Lipinski definition) is 1. The topological polar surface area (TPSA) is 73.2 Å². The predicted molar refractivity (Wildman–Crippen MR) is 84.9 cm³/mol. The van der Waals surface area contributed by atoms with Crippen molar-refractivity contribution in [2.75, 3.05) is 12.4 Å². The molecule has 1 N–H and O–H groups in total. The normalized spacial score (nSPS) is 13.5. The molecule has 2 heterocycles. The molecule has 7 heteroatoms. The van der Waals surface area contributed by atoms with Gasteiger partial charge >= 0.3 is 0 Å². The lowest BCUT2D eigenvalue weighted by Gasteiger charge is -2.09. The van der Waals surface area contributed by atoms with Gasteiger partial charge in [0.05, 0.1) is 19.0 Å². The zero-order chi connectivity index (χ0) is 15.7. The van der Waals surface area contributed by atoms with Crippen LogP contribution in [-0.2, 0) is 19.9 Å². The number of amides is 1. The highest BCUT2D eigenvalue weighted by atomic mass is 32.1. The molecule has 0 spiro atoms. The smallest absolute Gasteiger partial charge is 0.274 e. The van der Waals surface area contributed by atoms with Gasteiger partial charge in [-0.05, 0) is 25.7 Å². The number of carbonyl (C=O) groups is 1. The molecule has 0 saturated carbocycles. The molecule has 3 rings (SSSR count). The average molecular weight is 319 g/mol. The molecule has 2 aromatic heterocycles. The quantitative estimate of drug-likeness (QED) is 0.939. The molecule has 116 valence electrons. The number of nitrogens with zero attached hydrogens (tertiary/aromatic N) is 2. The Morgan fingerprint density at radius 3 is 2.91 bits per heavy atom. The lowest BCUT2D eigenvalue weighted by Crippen LogP contribution is -2.21. The van der Waals surface area contributed by atoms with Crippen LogP contribution in [0.25, 0.3) is 0 Å². The molecular weight excluding hydrogens is 302 g/mol. The molecule has 0 bridgehead atoms. The summed E-state index contributed by atoms with van der Waals surface area (Å²) in [6, 6.07) is 1.28. The molecule has 0 aromatic carbocycles. The summed E-state index contributed by atoms with van der Waals surface area (Å²) in [7, 11) is 3.13. The molecule has 0 aliphatic heterocycles. The second-order valence-corrected chi connectivity index (χ2v) is 6.34. The van der Waals surface area contributed by atoms with Gasteiger partial charge in [0.25, 0.3) is 5.91 Å². The second-order valence-electron chi connectivity index (χ2n) is 5.25. The Kier molecular flexibility index (Phi) is 3.98. The van der Waals surface area contributed by atoms with Crippen LogP contribution in [0.2, 0.25) is 0 Å². The van der Waals surface area contributed by atoms with Gasteiger partial charge in [-0.25, -0.2) is 4.98 Å². The fourth-order valence-corrected chi connectivity index (χ4v) is 3.60. The Morgan fingerprint density at radius 1 is 1.41 bits per heavy atom. The first-order valence-corrected chi connectivity index (χ1v) is 7.94. The first kappa shape index (κ1) is 14.8. The van der Waals surface area contributed by atoms with E-state index < -0.39 is 0 Å². The molecule has 22 heavy (non-hydrogen) atoms. The zero-order valence-electron chi connectivity index (χ0n) is 12.5. The summed E-state index contributed by atoms with van der Waals surface area (Å²) in [6.07, 6.45) is 5.84. The van der Waals surface area contributed by atoms with E-state index >= 15 is 0 Å². The van der Waals surface area contributed by atoms with Gasteiger partial charge < -0.3 is 9.30 Å². The van der Waals surface area contributed by atoms with Crippen molar-refractivity contribution >= 4 is 22.4 Å². The highest BCUT2D eigenvalue weighted by Crippen LogP contribution is 2.29. The molecule has 0 unspecified atom stereocenters. The highest BCUT2D eigenvalue weighted by molar-refractivity contribution is 7.15. The van der Waals surface area contributed by atoms with Gasteiger partial charge in [0.2, 0.25) is 5.43 Å². The van der Waals surface area contributed by atoms with Crippen LogP contribution in [-0.4, -0.2) is 22.6 Å². The zero-order valence-corrected chi connectivity index (χ0v) is 13.3. The maximum absolute atomic E-state index is 12.4. The van der Waals surface area contributed by atoms with Crippen LogP contribution in [0, 0.1) is 0 Å². The standard InChI is InChI=1S/C15H17N3O3S/c1-18-8-12(21-2)11(19)7-10(18)14(20)17-15-16-9-5-3-4-6-13(9)22-15/h7-8H,3-6H2,1-2H3,(H,16,17,20). The van der Waals surface area contributed by atoms with Gasteiger partial charge in [-0.15, -0.1) is 11.3 Å². The number of rotatable bonds is 3. The number of ether oxygens (including phenoxy) is 1. The number of carbonyl (C=O) groups excluding carboxylic acids is 1. The lowest BCUT2D eigenvalue weighted by atomic mass is 10.0. The van der Waals surface area contributed by atoms with Crippen molar-refractivity contribution in [1.82, 2.24) is 9.55 Å². The Hall–Kier alpha value is -2.15. The second kappa shape index (κ2) is 5.92. The van der Waals surface area contributed by atoms with E-state index in [2.05, 4.69) is 10.3 Å². The average Bonchev–Trinajstić information content (AvgIpc) is 2.91. The third-order valence-corrected chi connectivity index (χ3v) is 4.79. The SMILES string of the molecule is COc1cn(C)c(C(=O)Nc2nc3c(s2)CCCC3)cc1=O. The van der Waals surface area contributed by atoms with Crippen LogP contribution in [0.15, 0.2) is 17.1 Å². The van der Waals surface area contributed by atoms with Gasteiger partial charge in [-0.2, -0.15) is 0 Å². The number of nitrogens with one attached hydrogen (secondary N) is 1. The summed E-state index contributed by atoms with van der Waals surface area (Å²) in [5, 5.41) is 3.39. The van der Waals surface area contributed by atoms with Crippen LogP contribution >= 0.6 is 11.3 Å². The maximum Gasteiger partial charge on any atom is 0.274 e. The minimum Gasteiger partial charge on any atom is -0.491 e. The first-order chi connectivity index (χ1) is 10.6. The summed E-state index contributed by atoms with van der Waals surface area (Å²) in [4.78, 5) is 29.9. The van der Waals surface area contributed by atoms with Crippen molar-refractivity contribution < 1.29 is 9.53 Å². The molecular formula is C15H17N3O3S. The van der Waals surface area contributed by atoms with E-state index in [9.17, 15) is 9.59 Å². The van der Waals surface area contributed by atoms with Gasteiger partial charge in [0.1, 0.15) is 5.69 Å². The number of thiazole rings is 1. The van der Waals surface area contributed by atoms with Gasteiger partial charge in [-0.1, -0.05) is 0 Å². The molecule has 0 fully saturated rings. The van der Waals surface area contributed by atoms with Crippen LogP contribution in [0.1, 0.15) is 33.9 Å². The molecule has 6 nitrogen and oxygen atoms in total. The van der Waals surface area contributed by atoms with E-state index in [0.29, 0.717) is 5.13 Å². The minimum atomic E-state index is -0.339. The van der Waals surface area contributed by atoms with Crippen LogP contribution < -0.4 is 15.5 Å². The molecule has 0 radical (unpaired) electrons. The summed E-state index contributed by atoms with van der Waals surface area (Å²) in [5.41, 5.74) is 1.05. The molecule has 1 aliphatic carbocycles. The van der Waals surface area contributed by atoms with Gasteiger partial charge in [-0.3, -0.25) is 14.9 Å². The van der Waals surface area contributed by atoms with Crippen LogP contribution in [0.5, 0.6) is 5.75 Å². The van der Waals surface area contributed by atoms with Crippen molar-refractivity contribution in [3.63, 3.8) is 0 Å². The van der Waals surface area contributed by atoms with E-state index in [1.807, 2.05) is 0 Å². The minimum absolute atomic E-state index is 0.212. The van der Waals surface area contributed by atoms with Crippen molar-refractivity contribution in [2.24, 2.45) is 7.05 Å². The summed E-state index contributed by atoms with van der Waals surface area (Å²) in [5.74, 6) is -0.128. The molecule has 2 aromatic rings. The fourth-order valence-electron chi connectivity index (χ4n) is 2.55. The Bertz CT molecular complexity index is 755. The summed E-state index contributed by atoms with van der Waals surface area (Å²) >= 11 is 1.52. The van der Waals surface area contributed by atoms with Crippen molar-refractivity contribution in [1.29, 1.82) is 0 Å². The molecule has 0 atom stereocenters. The number of aryl methyl sites for hydroxylation is 3. The number of methoxy groups -OCH3 is 1. The van der Waals surface area contributed by atoms with E-state index in [1.54, 1.807) is 11.6 Å². The first-order valence-electron chi connectivity index (χ1n) is 7.13. The molecule has 1 aliphatic rings. The largest absolute Gasteiger partial charge is 0.491 e. The summed E-state index contributed by atoms with van der Waals surface area (Å²) < 4.78 is 6.53. The summed E-state index contributed by atoms with van der Waals surface area (Å²) in [6.45, 7) is 0. The Labute approximate surface area is 131 Å². The van der Waals surface area contributed by atoms with Crippen LogP contribution in [0.4, 0.5) is 5.13 Å². The van der Waals surface area contributed by atoms with Crippen molar-refractivity contribution in [3.8, 4) is 5.75 Å². The number of anilines is 1. The number of aromatic nitrogens is 2. The Balaban J connectivity index is 1.84. The van der Waals surface area contributed by atoms with E-state index in [-0.39, 0.29) is 22.8 Å². The highest BCUT2D eigenvalue weighted by Gasteiger charge is 2.18. The monoisotopic (exact) mass is 319 g/mol. The third kappa shape index (κ3) is 2.76. The predicted octanol–water partition coefficient (Wildman–Crippen LogP) is 1.98. The van der Waals surface area contributed by atoms with Crippen LogP contribution in [0.3, 0.4) is 0 Å². The lowest BCUT2D eigenvalue weighted by molar-refractivity contribution is 0.101. The number of pyridine rings is 1. The molecule has 1 amide bonds. The third-order valence-electron chi connectivity index (χ3n) is 3.72. The molecule has 0 saturated heterocycles. The van der Waals surface area contributed by atoms with Gasteiger partial charge in [0, 0.05) is 18.0 Å². The fraction of sp³-hybridized carbons (Fsp3) is 0.400. The Morgan fingerprint density at radius 2 is 2.18 bits per heavy atom. The number of hydrogen-bond acceptors (Lipinski definition) is 5. The maximum atomic E-state index is 12.4. The van der Waals surface area contributed by atoms with E-state index in [1.165, 1.54) is 42.0 Å². The van der Waals surface area contributed by atoms with Crippen molar-refractivity contribution in [2.45, 2.75) is 25.7 Å². The van der Waals surface area contributed by atoms with E-state index in [0.717, 1.165) is 25.0 Å².